The first kappa shape index (κ1) is 14.6. The second-order valence-corrected chi connectivity index (χ2v) is 11.6. The van der Waals surface area contributed by atoms with Crippen LogP contribution < -0.4 is 0 Å². The van der Waals surface area contributed by atoms with Gasteiger partial charge in [-0.1, -0.05) is 13.8 Å². The zero-order valence-electron chi connectivity index (χ0n) is 14.5. The van der Waals surface area contributed by atoms with Gasteiger partial charge in [0, 0.05) is 10.5 Å². The van der Waals surface area contributed by atoms with Crippen LogP contribution in [-0.2, 0) is 0 Å². The van der Waals surface area contributed by atoms with Gasteiger partial charge in [0.05, 0.1) is 5.60 Å². The van der Waals surface area contributed by atoms with E-state index in [-0.39, 0.29) is 5.41 Å². The molecule has 1 N–H and O–H groups in total. The molecule has 22 heavy (non-hydrogen) atoms. The quantitative estimate of drug-likeness (QED) is 0.642. The lowest BCUT2D eigenvalue weighted by Gasteiger charge is -2.60. The van der Waals surface area contributed by atoms with Gasteiger partial charge >= 0.3 is 0 Å². The zero-order valence-corrected chi connectivity index (χ0v) is 15.3. The second-order valence-electron chi connectivity index (χ2n) is 10.1. The summed E-state index contributed by atoms with van der Waals surface area (Å²) in [6, 6.07) is 0. The Bertz CT molecular complexity index is 502. The van der Waals surface area contributed by atoms with Crippen LogP contribution in [0.15, 0.2) is 0 Å². The van der Waals surface area contributed by atoms with Gasteiger partial charge in [-0.2, -0.15) is 11.8 Å². The van der Waals surface area contributed by atoms with Crippen LogP contribution in [0.3, 0.4) is 0 Å². The highest BCUT2D eigenvalue weighted by molar-refractivity contribution is 8.07. The number of aliphatic hydroxyl groups is 1. The first-order valence-corrected chi connectivity index (χ1v) is 10.7. The van der Waals surface area contributed by atoms with Gasteiger partial charge in [0.2, 0.25) is 0 Å². The van der Waals surface area contributed by atoms with Crippen LogP contribution >= 0.6 is 11.8 Å². The van der Waals surface area contributed by atoms with E-state index < -0.39 is 5.60 Å². The second kappa shape index (κ2) is 4.28. The molecule has 0 amide bonds. The van der Waals surface area contributed by atoms with Crippen molar-refractivity contribution in [2.24, 2.45) is 34.5 Å². The van der Waals surface area contributed by atoms with Crippen molar-refractivity contribution in [1.82, 2.24) is 0 Å². The Morgan fingerprint density at radius 1 is 0.909 bits per heavy atom. The Hall–Kier alpha value is 0.310. The van der Waals surface area contributed by atoms with E-state index in [4.69, 9.17) is 0 Å². The molecule has 0 spiro atoms. The SMILES string of the molecule is C[C@]12C[C@H]3S[C@H]3CC1CCC1C2CC[C@@]2(C)C1CC[C@]2(C)O. The molecule has 9 atom stereocenters. The summed E-state index contributed by atoms with van der Waals surface area (Å²) in [4.78, 5) is 0. The van der Waals surface area contributed by atoms with Crippen molar-refractivity contribution < 1.29 is 5.11 Å². The lowest BCUT2D eigenvalue weighted by molar-refractivity contribution is -0.143. The summed E-state index contributed by atoms with van der Waals surface area (Å²) in [5, 5.41) is 13.0. The van der Waals surface area contributed by atoms with Crippen molar-refractivity contribution in [3.63, 3.8) is 0 Å². The van der Waals surface area contributed by atoms with E-state index in [1.165, 1.54) is 44.9 Å². The van der Waals surface area contributed by atoms with E-state index in [0.29, 0.717) is 5.41 Å². The molecule has 0 aromatic heterocycles. The van der Waals surface area contributed by atoms with E-state index in [1.807, 2.05) is 0 Å². The molecule has 1 heterocycles. The molecule has 5 aliphatic rings. The van der Waals surface area contributed by atoms with Gasteiger partial charge in [0.25, 0.3) is 0 Å². The molecule has 0 bridgehead atoms. The molecule has 1 nitrogen and oxygen atoms in total. The number of rotatable bonds is 0. The maximum absolute atomic E-state index is 11.0. The molecule has 1 saturated heterocycles. The molecule has 2 heteroatoms. The fraction of sp³-hybridized carbons (Fsp3) is 1.00. The van der Waals surface area contributed by atoms with Gasteiger partial charge in [-0.25, -0.2) is 0 Å². The number of thioether (sulfide) groups is 1. The minimum Gasteiger partial charge on any atom is -0.390 e. The lowest BCUT2D eigenvalue weighted by Crippen LogP contribution is -2.56. The fourth-order valence-corrected chi connectivity index (χ4v) is 9.13. The van der Waals surface area contributed by atoms with E-state index in [9.17, 15) is 5.11 Å². The third-order valence-electron chi connectivity index (χ3n) is 9.47. The van der Waals surface area contributed by atoms with Crippen LogP contribution in [0.4, 0.5) is 0 Å². The first-order chi connectivity index (χ1) is 10.4. The van der Waals surface area contributed by atoms with E-state index in [1.54, 1.807) is 0 Å². The van der Waals surface area contributed by atoms with Crippen LogP contribution in [0.5, 0.6) is 0 Å². The molecule has 1 aliphatic heterocycles. The van der Waals surface area contributed by atoms with Crippen molar-refractivity contribution >= 4 is 11.8 Å². The largest absolute Gasteiger partial charge is 0.390 e. The zero-order chi connectivity index (χ0) is 15.3. The predicted octanol–water partition coefficient (Wildman–Crippen LogP) is 4.87. The molecule has 4 saturated carbocycles. The summed E-state index contributed by atoms with van der Waals surface area (Å²) >= 11 is 2.28. The smallest absolute Gasteiger partial charge is 0.0675 e. The average Bonchev–Trinajstić information content (AvgIpc) is 3.14. The third-order valence-corrected chi connectivity index (χ3v) is 10.9. The molecule has 5 fully saturated rings. The van der Waals surface area contributed by atoms with Crippen molar-refractivity contribution in [1.29, 1.82) is 0 Å². The Morgan fingerprint density at radius 3 is 2.50 bits per heavy atom. The van der Waals surface area contributed by atoms with Crippen LogP contribution in [0.1, 0.15) is 72.1 Å². The first-order valence-electron chi connectivity index (χ1n) is 9.73. The van der Waals surface area contributed by atoms with E-state index in [0.717, 1.165) is 40.6 Å². The third kappa shape index (κ3) is 1.67. The highest BCUT2D eigenvalue weighted by Gasteiger charge is 2.65. The van der Waals surface area contributed by atoms with Crippen molar-refractivity contribution in [2.75, 3.05) is 0 Å². The van der Waals surface area contributed by atoms with Crippen molar-refractivity contribution in [2.45, 2.75) is 88.2 Å². The molecule has 4 aliphatic carbocycles. The van der Waals surface area contributed by atoms with Crippen LogP contribution in [0.2, 0.25) is 0 Å². The molecule has 4 unspecified atom stereocenters. The maximum atomic E-state index is 11.0. The minimum absolute atomic E-state index is 0.197. The van der Waals surface area contributed by atoms with E-state index >= 15 is 0 Å². The van der Waals surface area contributed by atoms with Crippen LogP contribution in [0.25, 0.3) is 0 Å². The van der Waals surface area contributed by atoms with Gasteiger partial charge in [0.1, 0.15) is 0 Å². The average molecular weight is 321 g/mol. The predicted molar refractivity (Wildman–Crippen MR) is 92.9 cm³/mol. The molecular weight excluding hydrogens is 288 g/mol. The highest BCUT2D eigenvalue weighted by atomic mass is 32.2. The van der Waals surface area contributed by atoms with Gasteiger partial charge in [-0.3, -0.25) is 0 Å². The topological polar surface area (TPSA) is 20.2 Å². The number of hydrogen-bond donors (Lipinski definition) is 1. The molecule has 0 aromatic carbocycles. The number of hydrogen-bond acceptors (Lipinski definition) is 2. The highest BCUT2D eigenvalue weighted by Crippen LogP contribution is 2.71. The lowest BCUT2D eigenvalue weighted by atomic mass is 9.44. The summed E-state index contributed by atoms with van der Waals surface area (Å²) in [5.74, 6) is 3.68. The molecule has 124 valence electrons. The molecule has 0 aromatic rings. The van der Waals surface area contributed by atoms with Crippen molar-refractivity contribution in [3.8, 4) is 0 Å². The summed E-state index contributed by atoms with van der Waals surface area (Å²) in [5.41, 5.74) is 0.413. The summed E-state index contributed by atoms with van der Waals surface area (Å²) in [6.07, 6.45) is 11.0. The molecular formula is C20H32OS. The van der Waals surface area contributed by atoms with Gasteiger partial charge in [-0.05, 0) is 92.8 Å². The van der Waals surface area contributed by atoms with Crippen LogP contribution in [-0.4, -0.2) is 21.2 Å². The summed E-state index contributed by atoms with van der Waals surface area (Å²) in [6.45, 7) is 7.22. The Balaban J connectivity index is 1.48. The number of fused-ring (bicyclic) bond motifs is 6. The Morgan fingerprint density at radius 2 is 1.68 bits per heavy atom. The Kier molecular flexibility index (Phi) is 2.85. The summed E-state index contributed by atoms with van der Waals surface area (Å²) < 4.78 is 0. The minimum atomic E-state index is -0.412. The molecule has 0 radical (unpaired) electrons. The van der Waals surface area contributed by atoms with Gasteiger partial charge < -0.3 is 5.11 Å². The van der Waals surface area contributed by atoms with Crippen molar-refractivity contribution in [3.05, 3.63) is 0 Å². The molecule has 5 rings (SSSR count). The van der Waals surface area contributed by atoms with Gasteiger partial charge in [-0.15, -0.1) is 0 Å². The van der Waals surface area contributed by atoms with E-state index in [2.05, 4.69) is 32.5 Å². The normalized spacial score (nSPS) is 66.0. The fourth-order valence-electron chi connectivity index (χ4n) is 7.76. The maximum Gasteiger partial charge on any atom is 0.0675 e. The monoisotopic (exact) mass is 320 g/mol. The summed E-state index contributed by atoms with van der Waals surface area (Å²) in [7, 11) is 0. The standard InChI is InChI=1S/C20H32OS/c1-18-11-17-16(22-17)10-12(18)4-5-13-14(18)6-8-19(2)15(13)7-9-20(19,3)21/h12-17,21H,4-11H2,1-3H3/t12?,13?,14?,15?,16-,17+,18-,19-,20-/m0/s1. The van der Waals surface area contributed by atoms with Gasteiger partial charge in [0.15, 0.2) is 0 Å². The Labute approximate surface area is 140 Å². The van der Waals surface area contributed by atoms with Crippen LogP contribution in [0, 0.1) is 34.5 Å².